The Hall–Kier alpha value is -6.73. The molecule has 2 aromatic heterocycles. The minimum Gasteiger partial charge on any atom is -0.463 e. The fourth-order valence-corrected chi connectivity index (χ4v) is 9.45. The number of benzene rings is 4. The maximum absolute atomic E-state index is 15.1. The normalized spacial score (nSPS) is 19.1. The van der Waals surface area contributed by atoms with Crippen molar-refractivity contribution < 1.29 is 38.4 Å². The highest BCUT2D eigenvalue weighted by atomic mass is 35.5. The van der Waals surface area contributed by atoms with E-state index in [1.807, 2.05) is 17.0 Å². The van der Waals surface area contributed by atoms with Gasteiger partial charge in [-0.1, -0.05) is 59.6 Å². The van der Waals surface area contributed by atoms with Gasteiger partial charge in [-0.05, 0) is 113 Å². The first-order chi connectivity index (χ1) is 33.7. The van der Waals surface area contributed by atoms with E-state index < -0.39 is 35.5 Å². The molecule has 0 unspecified atom stereocenters. The summed E-state index contributed by atoms with van der Waals surface area (Å²) in [5.74, 6) is -1.92. The van der Waals surface area contributed by atoms with Crippen LogP contribution in [0.1, 0.15) is 79.7 Å². The Bertz CT molecular complexity index is 2920. The van der Waals surface area contributed by atoms with Crippen LogP contribution in [0, 0.1) is 17.0 Å². The van der Waals surface area contributed by atoms with Crippen LogP contribution in [0.2, 0.25) is 10.0 Å². The van der Waals surface area contributed by atoms with Gasteiger partial charge >= 0.3 is 0 Å². The molecule has 6 atom stereocenters. The molecule has 3 saturated heterocycles. The Kier molecular flexibility index (Phi) is 15.6. The van der Waals surface area contributed by atoms with Crippen molar-refractivity contribution in [3.63, 3.8) is 0 Å². The van der Waals surface area contributed by atoms with Crippen LogP contribution in [0.3, 0.4) is 0 Å². The van der Waals surface area contributed by atoms with Crippen molar-refractivity contribution in [3.8, 4) is 22.3 Å². The van der Waals surface area contributed by atoms with E-state index in [0.717, 1.165) is 24.0 Å². The lowest BCUT2D eigenvalue weighted by molar-refractivity contribution is 0.0904. The molecule has 5 heterocycles. The van der Waals surface area contributed by atoms with Gasteiger partial charge in [-0.2, -0.15) is 0 Å². The lowest BCUT2D eigenvalue weighted by Gasteiger charge is -2.18. The molecule has 11 N–H and O–H groups in total. The third-order valence-corrected chi connectivity index (χ3v) is 13.3. The molecule has 2 amide bonds. The first-order valence-electron chi connectivity index (χ1n) is 22.5. The number of aliphatic hydroxyl groups is 3. The zero-order valence-corrected chi connectivity index (χ0v) is 39.1. The number of carbonyl (C=O) groups excluding carboxylic acids is 2. The number of nitrogen functional groups attached to an aromatic ring is 2. The number of rotatable bonds is 13. The van der Waals surface area contributed by atoms with Gasteiger partial charge in [0.1, 0.15) is 29.9 Å². The monoisotopic (exact) mass is 993 g/mol. The molecular formula is C51H51Cl2F2N9O6. The van der Waals surface area contributed by atoms with Crippen LogP contribution < -0.4 is 27.4 Å². The van der Waals surface area contributed by atoms with Gasteiger partial charge in [-0.15, -0.1) is 0 Å². The number of nitrogens with zero attached hydrogens (tertiary/aromatic N) is 3. The minimum atomic E-state index is -0.736. The second-order valence-corrected chi connectivity index (χ2v) is 18.3. The molecule has 0 bridgehead atoms. The molecule has 0 radical (unpaired) electrons. The Balaban J connectivity index is 0.000000189. The number of carbonyl (C=O) groups is 2. The van der Waals surface area contributed by atoms with Crippen molar-refractivity contribution in [2.75, 3.05) is 51.0 Å². The van der Waals surface area contributed by atoms with E-state index >= 15 is 4.39 Å². The van der Waals surface area contributed by atoms with Crippen molar-refractivity contribution in [2.24, 2.45) is 0 Å². The first kappa shape index (κ1) is 49.7. The minimum absolute atomic E-state index is 0.0379. The Labute approximate surface area is 412 Å². The van der Waals surface area contributed by atoms with Crippen LogP contribution in [0.4, 0.5) is 20.4 Å². The Morgan fingerprint density at radius 3 is 1.71 bits per heavy atom. The molecule has 6 aromatic rings. The largest absolute Gasteiger partial charge is 0.463 e. The van der Waals surface area contributed by atoms with Gasteiger partial charge in [0, 0.05) is 58.6 Å². The number of aromatic nitrogens is 2. The highest BCUT2D eigenvalue weighted by molar-refractivity contribution is 6.31. The number of amides is 2. The van der Waals surface area contributed by atoms with Crippen LogP contribution in [0.25, 0.3) is 22.3 Å². The van der Waals surface area contributed by atoms with Crippen LogP contribution in [-0.2, 0) is 4.74 Å². The molecule has 15 nitrogen and oxygen atoms in total. The molecule has 0 spiro atoms. The average molecular weight is 995 g/mol. The number of ether oxygens (including phenoxy) is 1. The van der Waals surface area contributed by atoms with Crippen molar-refractivity contribution in [2.45, 2.75) is 48.8 Å². The molecule has 19 heteroatoms. The van der Waals surface area contributed by atoms with Gasteiger partial charge in [0.2, 0.25) is 0 Å². The molecule has 364 valence electrons. The van der Waals surface area contributed by atoms with Gasteiger partial charge < -0.3 is 52.4 Å². The molecule has 3 fully saturated rings. The number of nitrogens with two attached hydrogens (primary N) is 2. The second kappa shape index (κ2) is 21.9. The van der Waals surface area contributed by atoms with Crippen molar-refractivity contribution in [1.29, 1.82) is 5.41 Å². The fraction of sp³-hybridized carbons (Fsp3) is 0.275. The van der Waals surface area contributed by atoms with Crippen LogP contribution in [0.15, 0.2) is 109 Å². The molecular weight excluding hydrogens is 944 g/mol. The third-order valence-electron chi connectivity index (χ3n) is 12.9. The summed E-state index contributed by atoms with van der Waals surface area (Å²) in [5.41, 5.74) is 17.2. The van der Waals surface area contributed by atoms with Crippen molar-refractivity contribution >= 4 is 52.7 Å². The maximum Gasteiger partial charge on any atom is 0.284 e. The predicted octanol–water partition coefficient (Wildman–Crippen LogP) is 6.73. The van der Waals surface area contributed by atoms with E-state index in [-0.39, 0.29) is 72.5 Å². The summed E-state index contributed by atoms with van der Waals surface area (Å²) in [7, 11) is 0. The number of nitrogens with one attached hydrogen (secondary N) is 4. The lowest BCUT2D eigenvalue weighted by Crippen LogP contribution is -2.31. The van der Waals surface area contributed by atoms with E-state index in [9.17, 15) is 29.3 Å². The molecule has 4 aromatic carbocycles. The summed E-state index contributed by atoms with van der Waals surface area (Å²) in [4.78, 5) is 36.1. The average Bonchev–Trinajstić information content (AvgIpc) is 4.11. The summed E-state index contributed by atoms with van der Waals surface area (Å²) in [6.07, 6.45) is 5.03. The number of amidine groups is 1. The van der Waals surface area contributed by atoms with Crippen molar-refractivity contribution in [1.82, 2.24) is 30.8 Å². The number of fused-ring (bicyclic) bond motifs is 1. The molecule has 9 rings (SSSR count). The van der Waals surface area contributed by atoms with Gasteiger partial charge in [0.25, 0.3) is 17.8 Å². The quantitative estimate of drug-likeness (QED) is 0.0585. The molecule has 0 aliphatic carbocycles. The Morgan fingerprint density at radius 1 is 0.757 bits per heavy atom. The maximum atomic E-state index is 15.1. The molecule has 3 aliphatic rings. The van der Waals surface area contributed by atoms with E-state index in [1.165, 1.54) is 24.3 Å². The summed E-state index contributed by atoms with van der Waals surface area (Å²) in [6, 6.07) is 24.7. The van der Waals surface area contributed by atoms with E-state index in [4.69, 9.17) is 44.8 Å². The number of aliphatic hydroxyl groups excluding tert-OH is 3. The van der Waals surface area contributed by atoms with Crippen LogP contribution in [-0.4, -0.2) is 99.6 Å². The summed E-state index contributed by atoms with van der Waals surface area (Å²) in [6.45, 7) is 1.20. The summed E-state index contributed by atoms with van der Waals surface area (Å²) < 4.78 is 35.4. The van der Waals surface area contributed by atoms with Gasteiger partial charge in [0.15, 0.2) is 0 Å². The number of anilines is 2. The smallest absolute Gasteiger partial charge is 0.284 e. The van der Waals surface area contributed by atoms with E-state index in [1.54, 1.807) is 73.1 Å². The van der Waals surface area contributed by atoms with Crippen LogP contribution in [0.5, 0.6) is 0 Å². The zero-order valence-electron chi connectivity index (χ0n) is 37.6. The molecule has 3 aliphatic heterocycles. The number of hydrogen-bond acceptors (Lipinski definition) is 12. The molecule has 0 saturated carbocycles. The van der Waals surface area contributed by atoms with Gasteiger partial charge in [-0.25, -0.2) is 18.7 Å². The third kappa shape index (κ3) is 11.2. The molecule has 70 heavy (non-hydrogen) atoms. The van der Waals surface area contributed by atoms with Gasteiger partial charge in [0.05, 0.1) is 49.1 Å². The van der Waals surface area contributed by atoms with E-state index in [0.29, 0.717) is 63.1 Å². The van der Waals surface area contributed by atoms with Crippen molar-refractivity contribution in [3.05, 3.63) is 165 Å². The van der Waals surface area contributed by atoms with Gasteiger partial charge in [-0.3, -0.25) is 15.0 Å². The highest BCUT2D eigenvalue weighted by Crippen LogP contribution is 2.38. The van der Waals surface area contributed by atoms with E-state index in [2.05, 4.69) is 25.9 Å². The topological polar surface area (TPSA) is 245 Å². The summed E-state index contributed by atoms with van der Waals surface area (Å²) >= 11 is 12.0. The Morgan fingerprint density at radius 2 is 1.27 bits per heavy atom. The summed E-state index contributed by atoms with van der Waals surface area (Å²) in [5, 5.41) is 46.2. The standard InChI is InChI=1S/C26H25ClFN5O3.C25H26ClFN4O3/c27-18-3-1-2-15(6-18)23(12-34)32-25(35)20-5-4-14(9-22(20)28)21-8-16(10-31-24(21)29)17-7-19-13-36-26(30)33(19)11-17;26-18-3-1-2-15(6-18)23(13-33)31-25(34)20-5-4-14(9-22(20)27)21-8-17(11-30-24(21)28)16-7-19(12-32)29-10-16/h1-6,8-10,17,19,23,30,34H,7,11-13H2,(H2,29,31)(H,32,35);1-6,8-9,11,16,19,23,29,32-33H,7,10,12-13H2,(H2,28,30)(H,31,34)/t17-,19-,23+;16-,19-,23+/m00/s1. The predicted molar refractivity (Wildman–Crippen MR) is 263 cm³/mol. The van der Waals surface area contributed by atoms with Crippen LogP contribution >= 0.6 is 23.2 Å². The number of halogens is 4. The highest BCUT2D eigenvalue weighted by Gasteiger charge is 2.40. The number of pyridine rings is 2. The fourth-order valence-electron chi connectivity index (χ4n) is 9.05. The number of hydrogen-bond donors (Lipinski definition) is 9. The zero-order chi connectivity index (χ0) is 49.6. The lowest BCUT2D eigenvalue weighted by atomic mass is 9.94. The SMILES string of the molecule is N=C1OC[C@@H]2C[C@H](c3cnc(N)c(-c4ccc(C(=O)N[C@H](CO)c5cccc(Cl)c5)c(F)c4)c3)CN12.Nc1ncc([C@@H]2CN[C@H](CO)C2)cc1-c1ccc(C(=O)N[C@H](CO)c2cccc(Cl)c2)c(F)c1. The first-order valence-corrected chi connectivity index (χ1v) is 23.3. The second-order valence-electron chi connectivity index (χ2n) is 17.4.